The highest BCUT2D eigenvalue weighted by atomic mass is 15.1. The Morgan fingerprint density at radius 1 is 0.623 bits per heavy atom. The molecule has 8 rings (SSSR count). The second-order valence-electron chi connectivity index (χ2n) is 13.4. The van der Waals surface area contributed by atoms with E-state index in [9.17, 15) is 5.26 Å². The van der Waals surface area contributed by atoms with Crippen molar-refractivity contribution in [1.29, 1.82) is 5.26 Å². The van der Waals surface area contributed by atoms with E-state index in [1.165, 1.54) is 5.56 Å². The predicted octanol–water partition coefficient (Wildman–Crippen LogP) is 10.1. The van der Waals surface area contributed by atoms with Gasteiger partial charge in [0.05, 0.1) is 18.2 Å². The van der Waals surface area contributed by atoms with E-state index in [1.807, 2.05) is 54.6 Å². The lowest BCUT2D eigenvalue weighted by Gasteiger charge is -2.19. The van der Waals surface area contributed by atoms with E-state index in [-0.39, 0.29) is 0 Å². The largest absolute Gasteiger partial charge is 0.351 e. The molecule has 1 aliphatic heterocycles. The highest BCUT2D eigenvalue weighted by Gasteiger charge is 2.23. The van der Waals surface area contributed by atoms with Crippen LogP contribution in [-0.2, 0) is 6.54 Å². The summed E-state index contributed by atoms with van der Waals surface area (Å²) in [5, 5.41) is 17.1. The average molecular weight is 686 g/mol. The highest BCUT2D eigenvalue weighted by molar-refractivity contribution is 6.00. The Kier molecular flexibility index (Phi) is 9.72. The first-order valence-electron chi connectivity index (χ1n) is 18.0. The van der Waals surface area contributed by atoms with Crippen molar-refractivity contribution in [2.24, 2.45) is 10.7 Å². The molecule has 256 valence electrons. The van der Waals surface area contributed by atoms with Gasteiger partial charge in [-0.3, -0.25) is 4.99 Å². The minimum absolute atomic E-state index is 0.297. The van der Waals surface area contributed by atoms with E-state index in [2.05, 4.69) is 138 Å². The quantitative estimate of drug-likeness (QED) is 0.0578. The van der Waals surface area contributed by atoms with E-state index in [1.54, 1.807) is 0 Å². The minimum Gasteiger partial charge on any atom is -0.351 e. The first kappa shape index (κ1) is 33.6. The van der Waals surface area contributed by atoms with Crippen molar-refractivity contribution < 1.29 is 0 Å². The summed E-state index contributed by atoms with van der Waals surface area (Å²) < 4.78 is 0. The SMILES string of the molecule is N#Cc1cc(-c2cccc(-c3ccccc3)c2)cc(-c2cc(CN=C(NC(N)c3ccccc3)c3cccc(-c4ccccc4)c3)cc(C3CN3)c2)c1. The van der Waals surface area contributed by atoms with Crippen molar-refractivity contribution in [2.45, 2.75) is 18.8 Å². The van der Waals surface area contributed by atoms with E-state index in [4.69, 9.17) is 10.7 Å². The molecule has 2 atom stereocenters. The smallest absolute Gasteiger partial charge is 0.130 e. The Bertz CT molecular complexity index is 2430. The number of nitrogens with one attached hydrogen (secondary N) is 2. The molecule has 1 aliphatic rings. The van der Waals surface area contributed by atoms with Crippen LogP contribution in [0.3, 0.4) is 0 Å². The molecule has 0 saturated carbocycles. The molecule has 0 spiro atoms. The Balaban J connectivity index is 1.16. The van der Waals surface area contributed by atoms with Gasteiger partial charge in [-0.1, -0.05) is 133 Å². The maximum absolute atomic E-state index is 10.1. The third-order valence-electron chi connectivity index (χ3n) is 9.64. The molecule has 7 aromatic rings. The van der Waals surface area contributed by atoms with Crippen LogP contribution in [0, 0.1) is 11.3 Å². The molecule has 53 heavy (non-hydrogen) atoms. The zero-order valence-corrected chi connectivity index (χ0v) is 29.3. The summed E-state index contributed by atoms with van der Waals surface area (Å²) >= 11 is 0. The molecule has 0 amide bonds. The summed E-state index contributed by atoms with van der Waals surface area (Å²) in [7, 11) is 0. The molecule has 0 aliphatic carbocycles. The van der Waals surface area contributed by atoms with Gasteiger partial charge >= 0.3 is 0 Å². The van der Waals surface area contributed by atoms with Crippen LogP contribution < -0.4 is 16.4 Å². The van der Waals surface area contributed by atoms with E-state index < -0.39 is 6.17 Å². The predicted molar refractivity (Wildman–Crippen MR) is 217 cm³/mol. The van der Waals surface area contributed by atoms with E-state index >= 15 is 0 Å². The van der Waals surface area contributed by atoms with Gasteiger partial charge < -0.3 is 16.4 Å². The topological polar surface area (TPSA) is 96.1 Å². The van der Waals surface area contributed by atoms with Crippen LogP contribution >= 0.6 is 0 Å². The third kappa shape index (κ3) is 8.01. The number of hydrogen-bond donors (Lipinski definition) is 3. The maximum atomic E-state index is 10.1. The summed E-state index contributed by atoms with van der Waals surface area (Å²) in [5.41, 5.74) is 20.2. The van der Waals surface area contributed by atoms with Gasteiger partial charge in [-0.15, -0.1) is 0 Å². The average Bonchev–Trinajstić information content (AvgIpc) is 4.09. The summed E-state index contributed by atoms with van der Waals surface area (Å²) in [6.07, 6.45) is -0.444. The Labute approximate surface area is 311 Å². The number of amidine groups is 1. The normalized spacial score (nSPS) is 14.3. The maximum Gasteiger partial charge on any atom is 0.130 e. The summed E-state index contributed by atoms with van der Waals surface area (Å²) in [5.74, 6) is 0.725. The first-order chi connectivity index (χ1) is 26.1. The molecular weight excluding hydrogens is 647 g/mol. The number of nitrogens with zero attached hydrogens (tertiary/aromatic N) is 2. The van der Waals surface area contributed by atoms with Gasteiger partial charge in [0.15, 0.2) is 0 Å². The third-order valence-corrected chi connectivity index (χ3v) is 9.64. The standard InChI is InChI=1S/C48H39N5/c49-30-33-22-42(40-20-10-18-38(26-40)35-12-4-1-5-13-35)28-43(23-33)44-24-34(25-45(29-44)46-32-51-46)31-52-48(53-47(50)37-16-8-3-9-17-37)41-21-11-19-39(27-41)36-14-6-2-7-15-36/h1-29,46-47,51H,31-32,50H2,(H,52,53). The lowest BCUT2D eigenvalue weighted by molar-refractivity contribution is 0.679. The Morgan fingerprint density at radius 3 is 1.79 bits per heavy atom. The zero-order valence-electron chi connectivity index (χ0n) is 29.3. The van der Waals surface area contributed by atoms with Crippen molar-refractivity contribution >= 4 is 5.84 Å². The molecule has 5 nitrogen and oxygen atoms in total. The van der Waals surface area contributed by atoms with Gasteiger partial charge in [0, 0.05) is 18.2 Å². The van der Waals surface area contributed by atoms with Gasteiger partial charge in [-0.25, -0.2) is 0 Å². The molecule has 1 heterocycles. The highest BCUT2D eigenvalue weighted by Crippen LogP contribution is 2.34. The summed E-state index contributed by atoms with van der Waals surface area (Å²) in [6.45, 7) is 1.38. The Morgan fingerprint density at radius 2 is 1.15 bits per heavy atom. The van der Waals surface area contributed by atoms with Crippen LogP contribution in [0.4, 0.5) is 0 Å². The second-order valence-corrected chi connectivity index (χ2v) is 13.4. The molecule has 5 heteroatoms. The van der Waals surface area contributed by atoms with Crippen LogP contribution in [0.25, 0.3) is 44.5 Å². The van der Waals surface area contributed by atoms with Crippen LogP contribution in [0.5, 0.6) is 0 Å². The molecule has 1 saturated heterocycles. The number of nitriles is 1. The zero-order chi connectivity index (χ0) is 36.0. The molecule has 0 bridgehead atoms. The van der Waals surface area contributed by atoms with Gasteiger partial charge in [0.2, 0.25) is 0 Å². The van der Waals surface area contributed by atoms with Crippen molar-refractivity contribution in [3.8, 4) is 50.6 Å². The Hall–Kier alpha value is -6.58. The summed E-state index contributed by atoms with van der Waals surface area (Å²) in [4.78, 5) is 5.21. The first-order valence-corrected chi connectivity index (χ1v) is 18.0. The molecule has 0 radical (unpaired) electrons. The van der Waals surface area contributed by atoms with Crippen molar-refractivity contribution in [2.75, 3.05) is 6.54 Å². The van der Waals surface area contributed by atoms with E-state index in [0.29, 0.717) is 18.2 Å². The summed E-state index contributed by atoms with van der Waals surface area (Å²) in [6, 6.07) is 63.2. The minimum atomic E-state index is -0.444. The van der Waals surface area contributed by atoms with E-state index in [0.717, 1.165) is 73.6 Å². The van der Waals surface area contributed by atoms with Crippen molar-refractivity contribution in [3.05, 3.63) is 204 Å². The number of nitrogens with two attached hydrogens (primary N) is 1. The lowest BCUT2D eigenvalue weighted by atomic mass is 9.92. The molecular formula is C48H39N5. The number of aliphatic imine (C=N–C) groups is 1. The van der Waals surface area contributed by atoms with Gasteiger partial charge in [0.1, 0.15) is 12.0 Å². The fraction of sp³-hybridized carbons (Fsp3) is 0.0833. The number of rotatable bonds is 10. The van der Waals surface area contributed by atoms with Crippen LogP contribution in [-0.4, -0.2) is 12.4 Å². The van der Waals surface area contributed by atoms with Gasteiger partial charge in [0.25, 0.3) is 0 Å². The van der Waals surface area contributed by atoms with Crippen molar-refractivity contribution in [1.82, 2.24) is 10.6 Å². The number of benzene rings is 7. The van der Waals surface area contributed by atoms with Crippen LogP contribution in [0.15, 0.2) is 181 Å². The monoisotopic (exact) mass is 685 g/mol. The molecule has 2 unspecified atom stereocenters. The molecule has 4 N–H and O–H groups in total. The second kappa shape index (κ2) is 15.3. The molecule has 1 fully saturated rings. The fourth-order valence-electron chi connectivity index (χ4n) is 6.76. The van der Waals surface area contributed by atoms with Gasteiger partial charge in [-0.2, -0.15) is 5.26 Å². The fourth-order valence-corrected chi connectivity index (χ4v) is 6.76. The van der Waals surface area contributed by atoms with Crippen LogP contribution in [0.2, 0.25) is 0 Å². The lowest BCUT2D eigenvalue weighted by Crippen LogP contribution is -2.34. The van der Waals surface area contributed by atoms with Gasteiger partial charge in [-0.05, 0) is 104 Å². The molecule has 0 aromatic heterocycles. The molecule has 7 aromatic carbocycles. The number of hydrogen-bond acceptors (Lipinski definition) is 4. The van der Waals surface area contributed by atoms with Crippen LogP contribution in [0.1, 0.15) is 40.0 Å². The van der Waals surface area contributed by atoms with Crippen molar-refractivity contribution in [3.63, 3.8) is 0 Å².